The smallest absolute Gasteiger partial charge is 0.0615 e. The summed E-state index contributed by atoms with van der Waals surface area (Å²) in [5, 5.41) is 0. The molecule has 0 fully saturated rings. The quantitative estimate of drug-likeness (QED) is 0.783. The van der Waals surface area contributed by atoms with Gasteiger partial charge in [0.25, 0.3) is 0 Å². The molecular weight excluding hydrogens is 238 g/mol. The van der Waals surface area contributed by atoms with Crippen molar-refractivity contribution in [2.24, 2.45) is 5.73 Å². The van der Waals surface area contributed by atoms with Gasteiger partial charge in [0.2, 0.25) is 0 Å². The maximum atomic E-state index is 6.36. The van der Waals surface area contributed by atoms with E-state index in [2.05, 4.69) is 42.8 Å². The molecule has 0 bridgehead atoms. The first kappa shape index (κ1) is 16.1. The van der Waals surface area contributed by atoms with E-state index >= 15 is 0 Å². The van der Waals surface area contributed by atoms with Crippen molar-refractivity contribution in [3.05, 3.63) is 30.1 Å². The molecule has 4 nitrogen and oxygen atoms in total. The zero-order valence-electron chi connectivity index (χ0n) is 12.5. The van der Waals surface area contributed by atoms with E-state index in [4.69, 9.17) is 10.5 Å². The number of pyridine rings is 1. The van der Waals surface area contributed by atoms with Gasteiger partial charge in [-0.25, -0.2) is 0 Å². The minimum atomic E-state index is 0.113. The van der Waals surface area contributed by atoms with Gasteiger partial charge in [-0.1, -0.05) is 13.8 Å². The summed E-state index contributed by atoms with van der Waals surface area (Å²) in [7, 11) is 1.74. The number of aromatic nitrogens is 1. The Balaban J connectivity index is 3.01. The predicted molar refractivity (Wildman–Crippen MR) is 79.0 cm³/mol. The summed E-state index contributed by atoms with van der Waals surface area (Å²) in [5.74, 6) is 0. The normalized spacial score (nSPS) is 16.3. The molecule has 0 saturated heterocycles. The summed E-state index contributed by atoms with van der Waals surface area (Å²) in [4.78, 5) is 6.50. The van der Waals surface area contributed by atoms with E-state index in [0.29, 0.717) is 12.6 Å². The molecule has 0 saturated carbocycles. The average Bonchev–Trinajstić information content (AvgIpc) is 2.44. The number of ether oxygens (including phenoxy) is 1. The monoisotopic (exact) mass is 265 g/mol. The van der Waals surface area contributed by atoms with E-state index in [0.717, 1.165) is 13.0 Å². The van der Waals surface area contributed by atoms with Crippen molar-refractivity contribution in [1.29, 1.82) is 0 Å². The molecule has 1 aromatic rings. The van der Waals surface area contributed by atoms with E-state index in [1.165, 1.54) is 5.56 Å². The second kappa shape index (κ2) is 8.25. The third kappa shape index (κ3) is 4.27. The van der Waals surface area contributed by atoms with Crippen molar-refractivity contribution >= 4 is 0 Å². The van der Waals surface area contributed by atoms with Crippen molar-refractivity contribution in [2.75, 3.05) is 20.3 Å². The molecule has 0 radical (unpaired) electrons. The van der Waals surface area contributed by atoms with Crippen LogP contribution in [-0.2, 0) is 4.74 Å². The van der Waals surface area contributed by atoms with Crippen LogP contribution in [0.4, 0.5) is 0 Å². The maximum absolute atomic E-state index is 6.36. The summed E-state index contributed by atoms with van der Waals surface area (Å²) >= 11 is 0. The highest BCUT2D eigenvalue weighted by Crippen LogP contribution is 2.26. The molecule has 0 aliphatic heterocycles. The van der Waals surface area contributed by atoms with Gasteiger partial charge in [0.15, 0.2) is 0 Å². The molecule has 0 amide bonds. The summed E-state index contributed by atoms with van der Waals surface area (Å²) < 4.78 is 5.29. The van der Waals surface area contributed by atoms with Crippen LogP contribution in [-0.4, -0.2) is 42.2 Å². The Hall–Kier alpha value is -0.970. The van der Waals surface area contributed by atoms with Crippen molar-refractivity contribution in [3.8, 4) is 0 Å². The Labute approximate surface area is 117 Å². The van der Waals surface area contributed by atoms with E-state index in [9.17, 15) is 0 Å². The number of nitrogens with zero attached hydrogens (tertiary/aromatic N) is 2. The van der Waals surface area contributed by atoms with Crippen LogP contribution < -0.4 is 5.73 Å². The van der Waals surface area contributed by atoms with Crippen molar-refractivity contribution in [1.82, 2.24) is 9.88 Å². The fourth-order valence-corrected chi connectivity index (χ4v) is 2.59. The maximum Gasteiger partial charge on any atom is 0.0615 e. The van der Waals surface area contributed by atoms with Gasteiger partial charge in [-0.15, -0.1) is 0 Å². The van der Waals surface area contributed by atoms with Crippen molar-refractivity contribution in [2.45, 2.75) is 45.3 Å². The fraction of sp³-hybridized carbons (Fsp3) is 0.667. The molecule has 1 aromatic heterocycles. The average molecular weight is 265 g/mol. The Morgan fingerprint density at radius 3 is 2.42 bits per heavy atom. The molecule has 19 heavy (non-hydrogen) atoms. The number of methoxy groups -OCH3 is 1. The van der Waals surface area contributed by atoms with E-state index in [1.54, 1.807) is 7.11 Å². The molecule has 0 spiro atoms. The van der Waals surface area contributed by atoms with Crippen LogP contribution in [0, 0.1) is 0 Å². The van der Waals surface area contributed by atoms with Gasteiger partial charge in [0.05, 0.1) is 12.6 Å². The first-order chi connectivity index (χ1) is 9.15. The molecule has 3 atom stereocenters. The molecule has 108 valence electrons. The highest BCUT2D eigenvalue weighted by atomic mass is 16.5. The Kier molecular flexibility index (Phi) is 6.99. The van der Waals surface area contributed by atoms with Gasteiger partial charge in [-0.05, 0) is 37.6 Å². The molecule has 1 rings (SSSR count). The summed E-state index contributed by atoms with van der Waals surface area (Å²) in [5.41, 5.74) is 7.59. The van der Waals surface area contributed by atoms with Gasteiger partial charge in [0, 0.05) is 31.6 Å². The molecule has 0 aromatic carbocycles. The number of hydrogen-bond donors (Lipinski definition) is 1. The molecule has 4 heteroatoms. The third-order valence-electron chi connectivity index (χ3n) is 3.62. The number of nitrogens with two attached hydrogens (primary N) is 1. The van der Waals surface area contributed by atoms with Gasteiger partial charge < -0.3 is 10.5 Å². The standard InChI is InChI=1S/C15H27N3O/c1-5-14(16)15(13-7-9-17-10-8-13)18(6-2)12(3)11-19-4/h7-10,12,14-15H,5-6,11,16H2,1-4H3. The van der Waals surface area contributed by atoms with Gasteiger partial charge in [0.1, 0.15) is 0 Å². The Bertz CT molecular complexity index is 345. The first-order valence-corrected chi connectivity index (χ1v) is 7.05. The SMILES string of the molecule is CCC(N)C(c1ccncc1)N(CC)C(C)COC. The molecule has 0 aliphatic carbocycles. The minimum absolute atomic E-state index is 0.113. The lowest BCUT2D eigenvalue weighted by Gasteiger charge is -2.38. The molecule has 3 unspecified atom stereocenters. The zero-order chi connectivity index (χ0) is 14.3. The predicted octanol–water partition coefficient (Wildman–Crippen LogP) is 2.22. The largest absolute Gasteiger partial charge is 0.383 e. The number of likely N-dealkylation sites (N-methyl/N-ethyl adjacent to an activating group) is 1. The molecule has 2 N–H and O–H groups in total. The second-order valence-corrected chi connectivity index (χ2v) is 4.93. The summed E-state index contributed by atoms with van der Waals surface area (Å²) in [6.07, 6.45) is 4.61. The van der Waals surface area contributed by atoms with E-state index in [1.807, 2.05) is 12.4 Å². The third-order valence-corrected chi connectivity index (χ3v) is 3.62. The van der Waals surface area contributed by atoms with Crippen LogP contribution >= 0.6 is 0 Å². The lowest BCUT2D eigenvalue weighted by Crippen LogP contribution is -2.46. The molecule has 1 heterocycles. The van der Waals surface area contributed by atoms with Crippen LogP contribution in [0.15, 0.2) is 24.5 Å². The van der Waals surface area contributed by atoms with Gasteiger partial charge in [-0.2, -0.15) is 0 Å². The fourth-order valence-electron chi connectivity index (χ4n) is 2.59. The topological polar surface area (TPSA) is 51.4 Å². The van der Waals surface area contributed by atoms with Crippen LogP contribution in [0.1, 0.15) is 38.8 Å². The van der Waals surface area contributed by atoms with Crippen LogP contribution in [0.2, 0.25) is 0 Å². The summed E-state index contributed by atoms with van der Waals surface area (Å²) in [6, 6.07) is 4.78. The highest BCUT2D eigenvalue weighted by Gasteiger charge is 2.28. The lowest BCUT2D eigenvalue weighted by atomic mass is 9.96. The van der Waals surface area contributed by atoms with E-state index < -0.39 is 0 Å². The van der Waals surface area contributed by atoms with Crippen LogP contribution in [0.3, 0.4) is 0 Å². The second-order valence-electron chi connectivity index (χ2n) is 4.93. The Morgan fingerprint density at radius 2 is 1.95 bits per heavy atom. The molecular formula is C15H27N3O. The van der Waals surface area contributed by atoms with Crippen LogP contribution in [0.5, 0.6) is 0 Å². The van der Waals surface area contributed by atoms with Crippen LogP contribution in [0.25, 0.3) is 0 Å². The van der Waals surface area contributed by atoms with E-state index in [-0.39, 0.29) is 12.1 Å². The van der Waals surface area contributed by atoms with Gasteiger partial charge in [-0.3, -0.25) is 9.88 Å². The van der Waals surface area contributed by atoms with Crippen molar-refractivity contribution < 1.29 is 4.74 Å². The zero-order valence-corrected chi connectivity index (χ0v) is 12.5. The van der Waals surface area contributed by atoms with Gasteiger partial charge >= 0.3 is 0 Å². The lowest BCUT2D eigenvalue weighted by molar-refractivity contribution is 0.0628. The minimum Gasteiger partial charge on any atom is -0.383 e. The first-order valence-electron chi connectivity index (χ1n) is 7.05. The highest BCUT2D eigenvalue weighted by molar-refractivity contribution is 5.17. The molecule has 0 aliphatic rings. The summed E-state index contributed by atoms with van der Waals surface area (Å²) in [6.45, 7) is 8.15. The Morgan fingerprint density at radius 1 is 1.32 bits per heavy atom. The van der Waals surface area contributed by atoms with Crippen molar-refractivity contribution in [3.63, 3.8) is 0 Å². The number of hydrogen-bond acceptors (Lipinski definition) is 4. The number of rotatable bonds is 8.